The van der Waals surface area contributed by atoms with Gasteiger partial charge in [-0.25, -0.2) is 0 Å². The number of H-pyrrole nitrogens is 2. The first-order valence-corrected chi connectivity index (χ1v) is 13.0. The van der Waals surface area contributed by atoms with E-state index < -0.39 is 0 Å². The molecular weight excluding hydrogens is 456 g/mol. The molecule has 0 spiro atoms. The van der Waals surface area contributed by atoms with Crippen LogP contribution in [0.1, 0.15) is 113 Å². The zero-order valence-corrected chi connectivity index (χ0v) is 21.3. The van der Waals surface area contributed by atoms with Crippen LogP contribution in [-0.4, -0.2) is 36.1 Å². The van der Waals surface area contributed by atoms with E-state index in [1.165, 1.54) is 25.7 Å². The van der Waals surface area contributed by atoms with E-state index in [0.717, 1.165) is 48.2 Å². The summed E-state index contributed by atoms with van der Waals surface area (Å²) >= 11 is 0. The number of ketones is 1. The average molecular weight is 489 g/mol. The van der Waals surface area contributed by atoms with Crippen LogP contribution in [0.4, 0.5) is 0 Å². The molecule has 2 fully saturated rings. The van der Waals surface area contributed by atoms with Crippen LogP contribution >= 0.6 is 0 Å². The Morgan fingerprint density at radius 2 is 1.06 bits per heavy atom. The third kappa shape index (κ3) is 3.72. The van der Waals surface area contributed by atoms with Crippen molar-refractivity contribution in [2.24, 2.45) is 0 Å². The highest BCUT2D eigenvalue weighted by Gasteiger charge is 2.30. The van der Waals surface area contributed by atoms with Crippen molar-refractivity contribution in [1.29, 1.82) is 0 Å². The van der Waals surface area contributed by atoms with E-state index in [1.807, 2.05) is 27.7 Å². The van der Waals surface area contributed by atoms with Gasteiger partial charge in [0.25, 0.3) is 11.8 Å². The van der Waals surface area contributed by atoms with Crippen molar-refractivity contribution in [2.75, 3.05) is 0 Å². The minimum absolute atomic E-state index is 0.0592. The Bertz CT molecular complexity index is 1320. The molecule has 0 atom stereocenters. The quantitative estimate of drug-likeness (QED) is 0.308. The van der Waals surface area contributed by atoms with Gasteiger partial charge in [-0.1, -0.05) is 25.7 Å². The van der Waals surface area contributed by atoms with Gasteiger partial charge in [0.2, 0.25) is 11.8 Å². The largest absolute Gasteiger partial charge is 0.419 e. The van der Waals surface area contributed by atoms with Crippen LogP contribution in [0.15, 0.2) is 8.83 Å². The molecule has 6 rings (SSSR count). The molecule has 4 aromatic rings. The van der Waals surface area contributed by atoms with Crippen LogP contribution in [0.2, 0.25) is 0 Å². The smallest absolute Gasteiger partial charge is 0.264 e. The molecular formula is C27H32N6O3. The number of hydrogen-bond donors (Lipinski definition) is 2. The summed E-state index contributed by atoms with van der Waals surface area (Å²) in [6.45, 7) is 7.66. The summed E-state index contributed by atoms with van der Waals surface area (Å²) in [6, 6.07) is 0. The molecule has 0 unspecified atom stereocenters. The van der Waals surface area contributed by atoms with Gasteiger partial charge in [-0.05, 0) is 64.5 Å². The molecule has 0 radical (unpaired) electrons. The van der Waals surface area contributed by atoms with Gasteiger partial charge < -0.3 is 18.8 Å². The second-order valence-electron chi connectivity index (χ2n) is 10.4. The molecule has 2 saturated carbocycles. The predicted molar refractivity (Wildman–Crippen MR) is 133 cm³/mol. The Kier molecular flexibility index (Phi) is 5.65. The van der Waals surface area contributed by atoms with Crippen LogP contribution in [0.25, 0.3) is 23.2 Å². The van der Waals surface area contributed by atoms with Gasteiger partial charge in [0.15, 0.2) is 5.78 Å². The number of aryl methyl sites for hydroxylation is 2. The second-order valence-corrected chi connectivity index (χ2v) is 10.4. The Morgan fingerprint density at radius 3 is 1.44 bits per heavy atom. The standard InChI is InChI=1S/C27H32N6O3/c1-13-19(15(3)28-21(13)26-32-30-24(35-26)17-9-5-6-10-17)23(34)20-14(2)22(29-16(20)4)27-33-31-25(36-27)18-11-7-8-12-18/h17-18,28-29H,5-12H2,1-4H3. The molecule has 0 bridgehead atoms. The lowest BCUT2D eigenvalue weighted by atomic mass is 9.96. The van der Waals surface area contributed by atoms with Crippen molar-refractivity contribution < 1.29 is 13.6 Å². The van der Waals surface area contributed by atoms with Crippen molar-refractivity contribution in [2.45, 2.75) is 90.9 Å². The number of hydrogen-bond acceptors (Lipinski definition) is 7. The SMILES string of the molecule is Cc1[nH]c(-c2nnc(C3CCCC3)o2)c(C)c1C(=O)c1c(C)[nH]c(-c2nnc(C3CCCC3)o2)c1C. The Hall–Kier alpha value is -3.49. The fourth-order valence-corrected chi connectivity index (χ4v) is 6.08. The fraction of sp³-hybridized carbons (Fsp3) is 0.519. The monoisotopic (exact) mass is 488 g/mol. The molecule has 4 heterocycles. The minimum atomic E-state index is -0.0592. The van der Waals surface area contributed by atoms with Crippen molar-refractivity contribution in [3.8, 4) is 23.2 Å². The third-order valence-corrected chi connectivity index (χ3v) is 8.05. The van der Waals surface area contributed by atoms with Crippen LogP contribution < -0.4 is 0 Å². The van der Waals surface area contributed by atoms with Gasteiger partial charge in [-0.3, -0.25) is 4.79 Å². The molecule has 188 valence electrons. The molecule has 0 saturated heterocycles. The second kappa shape index (κ2) is 8.87. The van der Waals surface area contributed by atoms with Crippen molar-refractivity contribution >= 4 is 5.78 Å². The van der Waals surface area contributed by atoms with Crippen LogP contribution in [-0.2, 0) is 0 Å². The molecule has 2 aliphatic carbocycles. The van der Waals surface area contributed by atoms with Crippen molar-refractivity contribution in [3.05, 3.63) is 45.4 Å². The van der Waals surface area contributed by atoms with Crippen molar-refractivity contribution in [3.63, 3.8) is 0 Å². The van der Waals surface area contributed by atoms with Gasteiger partial charge >= 0.3 is 0 Å². The Balaban J connectivity index is 1.32. The minimum Gasteiger partial charge on any atom is -0.419 e. The molecule has 36 heavy (non-hydrogen) atoms. The maximum Gasteiger partial charge on any atom is 0.264 e. The summed E-state index contributed by atoms with van der Waals surface area (Å²) < 4.78 is 12.1. The lowest BCUT2D eigenvalue weighted by Gasteiger charge is -2.04. The molecule has 0 aliphatic heterocycles. The van der Waals surface area contributed by atoms with E-state index in [-0.39, 0.29) is 5.78 Å². The molecule has 4 aromatic heterocycles. The Labute approximate surface area is 209 Å². The molecule has 2 N–H and O–H groups in total. The number of carbonyl (C=O) groups is 1. The van der Waals surface area contributed by atoms with Gasteiger partial charge in [0, 0.05) is 34.4 Å². The first-order chi connectivity index (χ1) is 17.4. The van der Waals surface area contributed by atoms with Crippen LogP contribution in [0.3, 0.4) is 0 Å². The van der Waals surface area contributed by atoms with E-state index in [4.69, 9.17) is 8.83 Å². The Morgan fingerprint density at radius 1 is 0.667 bits per heavy atom. The van der Waals surface area contributed by atoms with Gasteiger partial charge in [-0.15, -0.1) is 20.4 Å². The number of aromatic nitrogens is 6. The maximum absolute atomic E-state index is 13.9. The summed E-state index contributed by atoms with van der Waals surface area (Å²) in [6.07, 6.45) is 9.15. The highest BCUT2D eigenvalue weighted by atomic mass is 16.4. The maximum atomic E-state index is 13.9. The number of nitrogens with one attached hydrogen (secondary N) is 2. The van der Waals surface area contributed by atoms with Crippen LogP contribution in [0.5, 0.6) is 0 Å². The zero-order chi connectivity index (χ0) is 25.0. The van der Waals surface area contributed by atoms with E-state index in [9.17, 15) is 4.79 Å². The third-order valence-electron chi connectivity index (χ3n) is 8.05. The lowest BCUT2D eigenvalue weighted by molar-refractivity contribution is 0.103. The highest BCUT2D eigenvalue weighted by molar-refractivity contribution is 6.13. The number of nitrogens with zero attached hydrogens (tertiary/aromatic N) is 4. The van der Waals surface area contributed by atoms with Crippen molar-refractivity contribution in [1.82, 2.24) is 30.4 Å². The summed E-state index contributed by atoms with van der Waals surface area (Å²) in [5.74, 6) is 2.88. The van der Waals surface area contributed by atoms with E-state index in [2.05, 4.69) is 30.4 Å². The van der Waals surface area contributed by atoms with Gasteiger partial charge in [0.05, 0.1) is 0 Å². The predicted octanol–water partition coefficient (Wildman–Crippen LogP) is 6.22. The topological polar surface area (TPSA) is 126 Å². The number of aromatic amines is 2. The van der Waals surface area contributed by atoms with E-state index >= 15 is 0 Å². The van der Waals surface area contributed by atoms with E-state index in [0.29, 0.717) is 57.9 Å². The average Bonchev–Trinajstić information content (AvgIpc) is 3.66. The summed E-state index contributed by atoms with van der Waals surface area (Å²) in [4.78, 5) is 20.5. The van der Waals surface area contributed by atoms with Gasteiger partial charge in [0.1, 0.15) is 11.4 Å². The fourth-order valence-electron chi connectivity index (χ4n) is 6.08. The summed E-state index contributed by atoms with van der Waals surface area (Å²) in [5.41, 5.74) is 5.82. The first kappa shape index (κ1) is 22.9. The van der Waals surface area contributed by atoms with Gasteiger partial charge in [-0.2, -0.15) is 0 Å². The zero-order valence-electron chi connectivity index (χ0n) is 21.3. The summed E-state index contributed by atoms with van der Waals surface area (Å²) in [7, 11) is 0. The first-order valence-electron chi connectivity index (χ1n) is 13.0. The molecule has 0 amide bonds. The molecule has 9 nitrogen and oxygen atoms in total. The molecule has 9 heteroatoms. The van der Waals surface area contributed by atoms with Crippen LogP contribution in [0, 0.1) is 27.7 Å². The normalized spacial score (nSPS) is 17.0. The molecule has 2 aliphatic rings. The highest BCUT2D eigenvalue weighted by Crippen LogP contribution is 2.38. The lowest BCUT2D eigenvalue weighted by Crippen LogP contribution is -2.06. The van der Waals surface area contributed by atoms with E-state index in [1.54, 1.807) is 0 Å². The summed E-state index contributed by atoms with van der Waals surface area (Å²) in [5, 5.41) is 17.2. The number of carbonyl (C=O) groups excluding carboxylic acids is 1. The molecule has 0 aromatic carbocycles. The number of rotatable bonds is 6.